The van der Waals surface area contributed by atoms with E-state index >= 15 is 0 Å². The highest BCUT2D eigenvalue weighted by Crippen LogP contribution is 2.41. The molecule has 6 nitrogen and oxygen atoms in total. The van der Waals surface area contributed by atoms with E-state index in [1.165, 1.54) is 23.7 Å². The van der Waals surface area contributed by atoms with Gasteiger partial charge in [0.15, 0.2) is 16.7 Å². The summed E-state index contributed by atoms with van der Waals surface area (Å²) >= 11 is 5.08. The Balaban J connectivity index is 1.44. The molecular formula is C32H30BrN3O3S. The van der Waals surface area contributed by atoms with Crippen LogP contribution in [0.2, 0.25) is 0 Å². The molecule has 0 bridgehead atoms. The Bertz CT molecular complexity index is 1500. The minimum Gasteiger partial charge on any atom is -0.493 e. The first-order chi connectivity index (χ1) is 19.5. The van der Waals surface area contributed by atoms with Gasteiger partial charge in [-0.15, -0.1) is 0 Å². The van der Waals surface area contributed by atoms with Crippen LogP contribution < -0.4 is 9.47 Å². The van der Waals surface area contributed by atoms with Crippen molar-refractivity contribution in [1.29, 1.82) is 5.26 Å². The third-order valence-corrected chi connectivity index (χ3v) is 8.80. The van der Waals surface area contributed by atoms with Crippen LogP contribution in [0, 0.1) is 18.3 Å². The highest BCUT2D eigenvalue weighted by molar-refractivity contribution is 9.10. The molecule has 1 saturated carbocycles. The van der Waals surface area contributed by atoms with E-state index < -0.39 is 0 Å². The maximum Gasteiger partial charge on any atom is 0.267 e. The summed E-state index contributed by atoms with van der Waals surface area (Å²) in [5.41, 5.74) is 4.18. The summed E-state index contributed by atoms with van der Waals surface area (Å²) in [5.74, 6) is 1.07. The van der Waals surface area contributed by atoms with Crippen molar-refractivity contribution in [1.82, 2.24) is 4.90 Å². The molecule has 0 radical (unpaired) electrons. The fourth-order valence-corrected chi connectivity index (χ4v) is 6.43. The average molecular weight is 617 g/mol. The average Bonchev–Trinajstić information content (AvgIpc) is 3.28. The Labute approximate surface area is 247 Å². The van der Waals surface area contributed by atoms with E-state index in [9.17, 15) is 10.1 Å². The highest BCUT2D eigenvalue weighted by Gasteiger charge is 2.38. The summed E-state index contributed by atoms with van der Waals surface area (Å²) in [6.07, 6.45) is 7.33. The van der Waals surface area contributed by atoms with Crippen LogP contribution in [0.5, 0.6) is 11.5 Å². The molecule has 0 spiro atoms. The van der Waals surface area contributed by atoms with Gasteiger partial charge in [0.25, 0.3) is 5.91 Å². The van der Waals surface area contributed by atoms with E-state index in [1.807, 2.05) is 72.5 Å². The van der Waals surface area contributed by atoms with Crippen LogP contribution in [0.25, 0.3) is 6.08 Å². The van der Waals surface area contributed by atoms with Crippen molar-refractivity contribution in [2.24, 2.45) is 4.99 Å². The molecule has 1 amide bonds. The van der Waals surface area contributed by atoms with Gasteiger partial charge in [-0.1, -0.05) is 71.1 Å². The lowest BCUT2D eigenvalue weighted by atomic mass is 9.94. The molecule has 204 valence electrons. The zero-order valence-corrected chi connectivity index (χ0v) is 24.9. The maximum atomic E-state index is 13.8. The largest absolute Gasteiger partial charge is 0.493 e. The molecule has 0 aromatic heterocycles. The van der Waals surface area contributed by atoms with Crippen molar-refractivity contribution in [3.8, 4) is 17.6 Å². The monoisotopic (exact) mass is 615 g/mol. The lowest BCUT2D eigenvalue weighted by Gasteiger charge is -2.30. The topological polar surface area (TPSA) is 74.9 Å². The molecule has 40 heavy (non-hydrogen) atoms. The second kappa shape index (κ2) is 12.8. The lowest BCUT2D eigenvalue weighted by Crippen LogP contribution is -2.40. The molecular weight excluding hydrogens is 586 g/mol. The van der Waals surface area contributed by atoms with Crippen molar-refractivity contribution in [3.63, 3.8) is 0 Å². The number of thioether (sulfide) groups is 1. The van der Waals surface area contributed by atoms with Crippen LogP contribution in [-0.4, -0.2) is 29.1 Å². The summed E-state index contributed by atoms with van der Waals surface area (Å²) in [4.78, 5) is 21.2. The zero-order valence-electron chi connectivity index (χ0n) is 22.5. The van der Waals surface area contributed by atoms with Crippen LogP contribution >= 0.6 is 27.7 Å². The number of hydrogen-bond donors (Lipinski definition) is 0. The molecule has 0 N–H and O–H groups in total. The van der Waals surface area contributed by atoms with Crippen molar-refractivity contribution in [2.45, 2.75) is 51.7 Å². The molecule has 2 aliphatic rings. The smallest absolute Gasteiger partial charge is 0.267 e. The van der Waals surface area contributed by atoms with E-state index in [2.05, 4.69) is 22.0 Å². The van der Waals surface area contributed by atoms with Gasteiger partial charge in [-0.3, -0.25) is 9.69 Å². The number of carbonyl (C=O) groups is 1. The third-order valence-electron chi connectivity index (χ3n) is 7.13. The van der Waals surface area contributed by atoms with Crippen LogP contribution in [0.3, 0.4) is 0 Å². The number of aryl methyl sites for hydroxylation is 1. The van der Waals surface area contributed by atoms with Crippen molar-refractivity contribution >= 4 is 50.5 Å². The molecule has 2 fully saturated rings. The van der Waals surface area contributed by atoms with E-state index in [0.29, 0.717) is 22.0 Å². The van der Waals surface area contributed by atoms with Gasteiger partial charge in [0.1, 0.15) is 6.61 Å². The van der Waals surface area contributed by atoms with E-state index in [4.69, 9.17) is 14.5 Å². The predicted octanol–water partition coefficient (Wildman–Crippen LogP) is 8.15. The Hall–Kier alpha value is -3.54. The summed E-state index contributed by atoms with van der Waals surface area (Å²) in [5, 5.41) is 10.1. The molecule has 1 aliphatic carbocycles. The zero-order chi connectivity index (χ0) is 28.1. The van der Waals surface area contributed by atoms with Gasteiger partial charge in [-0.05, 0) is 73.5 Å². The second-order valence-corrected chi connectivity index (χ2v) is 11.8. The third kappa shape index (κ3) is 6.27. The molecule has 1 heterocycles. The minimum atomic E-state index is -0.0120. The van der Waals surface area contributed by atoms with Crippen molar-refractivity contribution in [3.05, 3.63) is 92.3 Å². The van der Waals surface area contributed by atoms with Gasteiger partial charge in [-0.25, -0.2) is 4.99 Å². The predicted molar refractivity (Wildman–Crippen MR) is 164 cm³/mol. The number of rotatable bonds is 7. The summed E-state index contributed by atoms with van der Waals surface area (Å²) in [6, 6.07) is 21.5. The van der Waals surface area contributed by atoms with Gasteiger partial charge in [0.05, 0.1) is 29.3 Å². The van der Waals surface area contributed by atoms with Gasteiger partial charge < -0.3 is 9.47 Å². The molecule has 0 atom stereocenters. The normalized spacial score (nSPS) is 17.9. The van der Waals surface area contributed by atoms with Crippen LogP contribution in [-0.2, 0) is 11.4 Å². The van der Waals surface area contributed by atoms with Crippen LogP contribution in [0.4, 0.5) is 5.69 Å². The van der Waals surface area contributed by atoms with Gasteiger partial charge in [0.2, 0.25) is 0 Å². The van der Waals surface area contributed by atoms with Crippen LogP contribution in [0.15, 0.2) is 75.0 Å². The van der Waals surface area contributed by atoms with Crippen molar-refractivity contribution < 1.29 is 14.3 Å². The van der Waals surface area contributed by atoms with Crippen molar-refractivity contribution in [2.75, 3.05) is 7.11 Å². The number of halogens is 1. The lowest BCUT2D eigenvalue weighted by molar-refractivity contribution is -0.124. The number of aliphatic imine (C=N–C) groups is 1. The fraction of sp³-hybridized carbons (Fsp3) is 0.281. The summed E-state index contributed by atoms with van der Waals surface area (Å²) in [7, 11) is 1.59. The quantitative estimate of drug-likeness (QED) is 0.251. The Kier molecular flexibility index (Phi) is 8.93. The Morgan fingerprint density at radius 3 is 2.58 bits per heavy atom. The Morgan fingerprint density at radius 2 is 1.85 bits per heavy atom. The van der Waals surface area contributed by atoms with Gasteiger partial charge in [0, 0.05) is 16.1 Å². The molecule has 8 heteroatoms. The maximum absolute atomic E-state index is 13.8. The minimum absolute atomic E-state index is 0.0120. The molecule has 3 aromatic carbocycles. The summed E-state index contributed by atoms with van der Waals surface area (Å²) in [6.45, 7) is 2.28. The van der Waals surface area contributed by atoms with E-state index in [1.54, 1.807) is 13.2 Å². The van der Waals surface area contributed by atoms with Gasteiger partial charge >= 0.3 is 0 Å². The number of ether oxygens (including phenoxy) is 2. The number of methoxy groups -OCH3 is 1. The second-order valence-electron chi connectivity index (χ2n) is 9.89. The molecule has 5 rings (SSSR count). The van der Waals surface area contributed by atoms with E-state index in [0.717, 1.165) is 52.1 Å². The van der Waals surface area contributed by atoms with Crippen LogP contribution in [0.1, 0.15) is 54.4 Å². The molecule has 1 aliphatic heterocycles. The standard InChI is InChI=1S/C32H30BrN3O3S/c1-21-12-14-25(15-13-21)35-32-36(26-10-4-3-5-11-26)31(37)30(40-32)17-24-16-28(38-2)29(18-27(24)33)39-20-23-9-7-6-8-22(23)19-34/h6-9,12-18,26H,3-5,10-11,20H2,1-2H3/b30-17+,35-32?. The SMILES string of the molecule is COc1cc(/C=C2/SC(=Nc3ccc(C)cc3)N(C3CCCCC3)C2=O)c(Br)cc1OCc1ccccc1C#N. The molecule has 3 aromatic rings. The summed E-state index contributed by atoms with van der Waals surface area (Å²) < 4.78 is 12.5. The highest BCUT2D eigenvalue weighted by atomic mass is 79.9. The van der Waals surface area contributed by atoms with Gasteiger partial charge in [-0.2, -0.15) is 5.26 Å². The first kappa shape index (κ1) is 28.0. The number of nitrogens with zero attached hydrogens (tertiary/aromatic N) is 3. The van der Waals surface area contributed by atoms with E-state index in [-0.39, 0.29) is 18.6 Å². The first-order valence-electron chi connectivity index (χ1n) is 13.3. The molecule has 0 unspecified atom stereocenters. The Morgan fingerprint density at radius 1 is 1.10 bits per heavy atom. The number of amides is 1. The first-order valence-corrected chi connectivity index (χ1v) is 14.9. The molecule has 1 saturated heterocycles. The number of carbonyl (C=O) groups excluding carboxylic acids is 1. The number of benzene rings is 3. The fourth-order valence-electron chi connectivity index (χ4n) is 4.94. The number of hydrogen-bond acceptors (Lipinski definition) is 6. The number of nitriles is 1. The number of amidine groups is 1.